The zero-order valence-corrected chi connectivity index (χ0v) is 14.4. The molecule has 122 valence electrons. The van der Waals surface area contributed by atoms with E-state index >= 15 is 0 Å². The van der Waals surface area contributed by atoms with Gasteiger partial charge in [-0.3, -0.25) is 10.1 Å². The normalized spacial score (nSPS) is 19.2. The van der Waals surface area contributed by atoms with Crippen LogP contribution < -0.4 is 5.32 Å². The molecule has 0 saturated carbocycles. The highest BCUT2D eigenvalue weighted by molar-refractivity contribution is 9.10. The van der Waals surface area contributed by atoms with E-state index in [1.807, 2.05) is 30.3 Å². The summed E-state index contributed by atoms with van der Waals surface area (Å²) in [5.41, 5.74) is 1.29. The molecular formula is C16H18BrN3O3. The summed E-state index contributed by atoms with van der Waals surface area (Å²) in [5, 5.41) is 2.47. The van der Waals surface area contributed by atoms with Gasteiger partial charge >= 0.3 is 6.09 Å². The van der Waals surface area contributed by atoms with Gasteiger partial charge in [0.15, 0.2) is 0 Å². The number of nitrogens with one attached hydrogen (secondary N) is 1. The summed E-state index contributed by atoms with van der Waals surface area (Å²) in [4.78, 5) is 31.0. The van der Waals surface area contributed by atoms with Gasteiger partial charge in [-0.05, 0) is 12.0 Å². The monoisotopic (exact) mass is 379 g/mol. The molecule has 1 aliphatic rings. The lowest BCUT2D eigenvalue weighted by Gasteiger charge is -2.19. The van der Waals surface area contributed by atoms with Crippen LogP contribution in [0, 0.1) is 0 Å². The third kappa shape index (κ3) is 4.99. The first-order valence-corrected chi connectivity index (χ1v) is 8.37. The van der Waals surface area contributed by atoms with Crippen LogP contribution in [0.5, 0.6) is 0 Å². The largest absolute Gasteiger partial charge is 0.448 e. The molecule has 1 aromatic carbocycles. The molecule has 1 N–H and O–H groups in total. The predicted octanol–water partition coefficient (Wildman–Crippen LogP) is 3.05. The fourth-order valence-electron chi connectivity index (χ4n) is 2.00. The number of carbonyl (C=O) groups excluding carboxylic acids is 2. The molecule has 2 rings (SSSR count). The van der Waals surface area contributed by atoms with E-state index in [1.54, 1.807) is 0 Å². The van der Waals surface area contributed by atoms with E-state index in [1.165, 1.54) is 0 Å². The zero-order valence-electron chi connectivity index (χ0n) is 12.8. The number of carbonyl (C=O) groups is 2. The number of benzene rings is 1. The van der Waals surface area contributed by atoms with Gasteiger partial charge in [-0.2, -0.15) is 0 Å². The Morgan fingerprint density at radius 3 is 2.78 bits per heavy atom. The Bertz CT molecular complexity index is 629. The molecule has 1 heterocycles. The Morgan fingerprint density at radius 1 is 1.35 bits per heavy atom. The topological polar surface area (TPSA) is 80.1 Å². The van der Waals surface area contributed by atoms with E-state index in [9.17, 15) is 9.59 Å². The third-order valence-corrected chi connectivity index (χ3v) is 4.02. The molecule has 2 amide bonds. The number of hydrogen-bond donors (Lipinski definition) is 1. The number of ether oxygens (including phenoxy) is 1. The maximum atomic E-state index is 12.0. The highest BCUT2D eigenvalue weighted by Gasteiger charge is 2.29. The molecule has 0 saturated heterocycles. The van der Waals surface area contributed by atoms with Crippen molar-refractivity contribution in [3.05, 3.63) is 35.9 Å². The van der Waals surface area contributed by atoms with Crippen molar-refractivity contribution in [3.8, 4) is 0 Å². The van der Waals surface area contributed by atoms with Crippen molar-refractivity contribution in [2.24, 2.45) is 9.98 Å². The van der Waals surface area contributed by atoms with Crippen LogP contribution in [-0.2, 0) is 9.53 Å². The van der Waals surface area contributed by atoms with Crippen LogP contribution in [0.3, 0.4) is 0 Å². The molecule has 0 aliphatic carbocycles. The molecule has 1 aromatic rings. The number of hydrogen-bond acceptors (Lipinski definition) is 3. The Kier molecular flexibility index (Phi) is 6.46. The van der Waals surface area contributed by atoms with E-state index < -0.39 is 10.9 Å². The Morgan fingerprint density at radius 2 is 2.09 bits per heavy atom. The van der Waals surface area contributed by atoms with Crippen LogP contribution in [0.15, 0.2) is 40.3 Å². The maximum absolute atomic E-state index is 12.0. The molecule has 6 nitrogen and oxygen atoms in total. The van der Waals surface area contributed by atoms with Gasteiger partial charge < -0.3 is 4.74 Å². The number of guanidine groups is 1. The molecule has 7 heteroatoms. The summed E-state index contributed by atoms with van der Waals surface area (Å²) in [5.74, 6) is -0.374. The lowest BCUT2D eigenvalue weighted by molar-refractivity contribution is -0.118. The molecule has 1 unspecified atom stereocenters. The molecule has 1 atom stereocenters. The molecule has 0 bridgehead atoms. The second kappa shape index (κ2) is 8.57. The Balaban J connectivity index is 2.12. The Hall–Kier alpha value is -2.02. The van der Waals surface area contributed by atoms with Crippen LogP contribution in [0.2, 0.25) is 0 Å². The first-order chi connectivity index (χ1) is 11.1. The van der Waals surface area contributed by atoms with Crippen molar-refractivity contribution in [2.45, 2.75) is 31.0 Å². The van der Waals surface area contributed by atoms with Crippen LogP contribution in [-0.4, -0.2) is 35.1 Å². The van der Waals surface area contributed by atoms with Gasteiger partial charge in [0.2, 0.25) is 11.9 Å². The van der Waals surface area contributed by atoms with Crippen molar-refractivity contribution in [2.75, 3.05) is 6.61 Å². The molecule has 1 aliphatic heterocycles. The van der Waals surface area contributed by atoms with Gasteiger partial charge in [0.1, 0.15) is 4.83 Å². The van der Waals surface area contributed by atoms with Crippen LogP contribution in [0.25, 0.3) is 0 Å². The van der Waals surface area contributed by atoms with E-state index in [4.69, 9.17) is 4.74 Å². The van der Waals surface area contributed by atoms with Crippen LogP contribution >= 0.6 is 15.9 Å². The summed E-state index contributed by atoms with van der Waals surface area (Å²) < 4.78 is 4.99. The van der Waals surface area contributed by atoms with E-state index in [0.29, 0.717) is 12.3 Å². The van der Waals surface area contributed by atoms with Gasteiger partial charge in [0.05, 0.1) is 12.3 Å². The zero-order chi connectivity index (χ0) is 16.7. The SMILES string of the molecule is CCCCCOC(=O)N=C1N=C(c2ccccc2)C(Br)C(=O)N1. The van der Waals surface area contributed by atoms with Crippen molar-refractivity contribution in [3.63, 3.8) is 0 Å². The minimum absolute atomic E-state index is 0.0509. The number of aliphatic imine (C=N–C) groups is 2. The summed E-state index contributed by atoms with van der Waals surface area (Å²) in [6.07, 6.45) is 2.07. The van der Waals surface area contributed by atoms with Crippen LogP contribution in [0.4, 0.5) is 4.79 Å². The highest BCUT2D eigenvalue weighted by Crippen LogP contribution is 2.15. The third-order valence-electron chi connectivity index (χ3n) is 3.17. The second-order valence-electron chi connectivity index (χ2n) is 4.97. The van der Waals surface area contributed by atoms with Crippen LogP contribution in [0.1, 0.15) is 31.7 Å². The highest BCUT2D eigenvalue weighted by atomic mass is 79.9. The Labute approximate surface area is 143 Å². The fourth-order valence-corrected chi connectivity index (χ4v) is 2.48. The number of rotatable bonds is 5. The van der Waals surface area contributed by atoms with Crippen molar-refractivity contribution < 1.29 is 14.3 Å². The van der Waals surface area contributed by atoms with Crippen molar-refractivity contribution >= 4 is 39.6 Å². The quantitative estimate of drug-likeness (QED) is 0.630. The summed E-state index contributed by atoms with van der Waals surface area (Å²) in [6, 6.07) is 9.25. The van der Waals surface area contributed by atoms with Gasteiger partial charge in [-0.1, -0.05) is 66.0 Å². The second-order valence-corrected chi connectivity index (χ2v) is 5.89. The lowest BCUT2D eigenvalue weighted by Crippen LogP contribution is -2.45. The lowest BCUT2D eigenvalue weighted by atomic mass is 10.1. The van der Waals surface area contributed by atoms with Gasteiger partial charge in [-0.15, -0.1) is 4.99 Å². The molecular weight excluding hydrogens is 362 g/mol. The average Bonchev–Trinajstić information content (AvgIpc) is 2.55. The average molecular weight is 380 g/mol. The molecule has 0 fully saturated rings. The number of halogens is 1. The van der Waals surface area contributed by atoms with Crippen molar-refractivity contribution in [1.82, 2.24) is 5.32 Å². The number of alkyl halides is 1. The first kappa shape index (κ1) is 17.3. The summed E-state index contributed by atoms with van der Waals surface area (Å²) >= 11 is 3.30. The van der Waals surface area contributed by atoms with Gasteiger partial charge in [0, 0.05) is 0 Å². The summed E-state index contributed by atoms with van der Waals surface area (Å²) in [6.45, 7) is 2.38. The minimum Gasteiger partial charge on any atom is -0.448 e. The number of nitrogens with zero attached hydrogens (tertiary/aromatic N) is 2. The smallest absolute Gasteiger partial charge is 0.436 e. The molecule has 0 radical (unpaired) electrons. The van der Waals surface area contributed by atoms with E-state index in [0.717, 1.165) is 24.8 Å². The molecule has 23 heavy (non-hydrogen) atoms. The van der Waals surface area contributed by atoms with Gasteiger partial charge in [0.25, 0.3) is 0 Å². The molecule has 0 aromatic heterocycles. The van der Waals surface area contributed by atoms with E-state index in [2.05, 4.69) is 38.2 Å². The summed E-state index contributed by atoms with van der Waals surface area (Å²) in [7, 11) is 0. The van der Waals surface area contributed by atoms with E-state index in [-0.39, 0.29) is 11.9 Å². The fraction of sp³-hybridized carbons (Fsp3) is 0.375. The first-order valence-electron chi connectivity index (χ1n) is 7.46. The number of amides is 2. The standard InChI is InChI=1S/C16H18BrN3O3/c1-2-3-7-10-23-16(22)20-15-18-13(12(17)14(21)19-15)11-8-5-4-6-9-11/h4-6,8-9,12H,2-3,7,10H2,1H3,(H,19,20,21,22). The molecule has 0 spiro atoms. The maximum Gasteiger partial charge on any atom is 0.436 e. The number of unbranched alkanes of at least 4 members (excludes halogenated alkanes) is 2. The van der Waals surface area contributed by atoms with Gasteiger partial charge in [-0.25, -0.2) is 9.79 Å². The minimum atomic E-state index is -0.749. The predicted molar refractivity (Wildman–Crippen MR) is 92.1 cm³/mol. The van der Waals surface area contributed by atoms with Crippen molar-refractivity contribution in [1.29, 1.82) is 0 Å².